The van der Waals surface area contributed by atoms with Crippen molar-refractivity contribution in [2.45, 2.75) is 58.5 Å². The molecule has 0 bridgehead atoms. The van der Waals surface area contributed by atoms with Crippen molar-refractivity contribution in [2.75, 3.05) is 18.9 Å². The van der Waals surface area contributed by atoms with Gasteiger partial charge in [-0.05, 0) is 43.9 Å². The third-order valence-corrected chi connectivity index (χ3v) is 4.34. The van der Waals surface area contributed by atoms with Crippen LogP contribution in [0.3, 0.4) is 0 Å². The largest absolute Gasteiger partial charge is 0.370 e. The number of nitrogens with zero attached hydrogens (tertiary/aromatic N) is 2. The van der Waals surface area contributed by atoms with Gasteiger partial charge in [0.1, 0.15) is 5.82 Å². The summed E-state index contributed by atoms with van der Waals surface area (Å²) < 4.78 is 0. The van der Waals surface area contributed by atoms with E-state index in [1.165, 1.54) is 31.2 Å². The Bertz CT molecular complexity index is 388. The molecule has 0 radical (unpaired) electrons. The molecular weight excluding hydrogens is 246 g/mol. The molecule has 1 N–H and O–H groups in total. The van der Waals surface area contributed by atoms with E-state index in [9.17, 15) is 0 Å². The molecule has 0 spiro atoms. The summed E-state index contributed by atoms with van der Waals surface area (Å²) in [7, 11) is 2.26. The van der Waals surface area contributed by atoms with E-state index < -0.39 is 0 Å². The summed E-state index contributed by atoms with van der Waals surface area (Å²) in [5.74, 6) is 1.87. The second-order valence-electron chi connectivity index (χ2n) is 6.32. The average molecular weight is 275 g/mol. The average Bonchev–Trinajstić information content (AvgIpc) is 2.46. The Morgan fingerprint density at radius 1 is 1.35 bits per heavy atom. The minimum atomic E-state index is 0.747. The molecule has 0 saturated heterocycles. The zero-order valence-electron chi connectivity index (χ0n) is 13.2. The van der Waals surface area contributed by atoms with Gasteiger partial charge in [-0.3, -0.25) is 4.90 Å². The second kappa shape index (κ2) is 7.63. The van der Waals surface area contributed by atoms with E-state index in [1.54, 1.807) is 0 Å². The minimum absolute atomic E-state index is 0.747. The third kappa shape index (κ3) is 4.48. The topological polar surface area (TPSA) is 28.2 Å². The molecule has 2 rings (SSSR count). The molecule has 1 aliphatic carbocycles. The maximum Gasteiger partial charge on any atom is 0.125 e. The molecular formula is C17H29N3. The van der Waals surface area contributed by atoms with Crippen molar-refractivity contribution in [2.24, 2.45) is 5.92 Å². The van der Waals surface area contributed by atoms with Crippen LogP contribution >= 0.6 is 0 Å². The van der Waals surface area contributed by atoms with Crippen LogP contribution in [0.1, 0.15) is 51.5 Å². The Kier molecular flexibility index (Phi) is 5.84. The normalized spacial score (nSPS) is 23.0. The summed E-state index contributed by atoms with van der Waals surface area (Å²) in [6.07, 6.45) is 8.63. The third-order valence-electron chi connectivity index (χ3n) is 4.34. The van der Waals surface area contributed by atoms with Crippen LogP contribution in [0.4, 0.5) is 5.82 Å². The first-order valence-electron chi connectivity index (χ1n) is 8.08. The van der Waals surface area contributed by atoms with Crippen molar-refractivity contribution in [3.8, 4) is 0 Å². The van der Waals surface area contributed by atoms with Crippen molar-refractivity contribution in [3.05, 3.63) is 23.9 Å². The Morgan fingerprint density at radius 3 is 2.85 bits per heavy atom. The van der Waals surface area contributed by atoms with Crippen LogP contribution in [0, 0.1) is 5.92 Å². The van der Waals surface area contributed by atoms with E-state index in [2.05, 4.69) is 48.2 Å². The summed E-state index contributed by atoms with van der Waals surface area (Å²) in [6.45, 7) is 6.56. The van der Waals surface area contributed by atoms with Crippen molar-refractivity contribution >= 4 is 5.82 Å². The summed E-state index contributed by atoms with van der Waals surface area (Å²) in [4.78, 5) is 7.00. The van der Waals surface area contributed by atoms with Gasteiger partial charge in [0.05, 0.1) is 0 Å². The number of hydrogen-bond acceptors (Lipinski definition) is 3. The van der Waals surface area contributed by atoms with Gasteiger partial charge >= 0.3 is 0 Å². The molecule has 1 aromatic heterocycles. The fourth-order valence-electron chi connectivity index (χ4n) is 3.10. The van der Waals surface area contributed by atoms with Crippen LogP contribution in [0.2, 0.25) is 0 Å². The molecule has 20 heavy (non-hydrogen) atoms. The first kappa shape index (κ1) is 15.3. The fraction of sp³-hybridized carbons (Fsp3) is 0.706. The highest BCUT2D eigenvalue weighted by Gasteiger charge is 2.22. The first-order valence-corrected chi connectivity index (χ1v) is 8.08. The van der Waals surface area contributed by atoms with Crippen LogP contribution in [-0.2, 0) is 6.54 Å². The summed E-state index contributed by atoms with van der Waals surface area (Å²) in [5, 5.41) is 3.32. The van der Waals surface area contributed by atoms with Crippen molar-refractivity contribution in [1.82, 2.24) is 9.88 Å². The Morgan fingerprint density at radius 2 is 2.20 bits per heavy atom. The summed E-state index contributed by atoms with van der Waals surface area (Å²) in [5.41, 5.74) is 1.31. The van der Waals surface area contributed by atoms with Crippen LogP contribution in [-0.4, -0.2) is 29.5 Å². The van der Waals surface area contributed by atoms with Crippen LogP contribution in [0.5, 0.6) is 0 Å². The molecule has 0 aromatic carbocycles. The molecule has 3 heteroatoms. The lowest BCUT2D eigenvalue weighted by Crippen LogP contribution is -2.35. The van der Waals surface area contributed by atoms with E-state index in [0.29, 0.717) is 0 Å². The SMILES string of the molecule is CCCNc1ccc(CN(C)C2CCCC(C)C2)cn1. The highest BCUT2D eigenvalue weighted by Crippen LogP contribution is 2.27. The quantitative estimate of drug-likeness (QED) is 0.853. The lowest BCUT2D eigenvalue weighted by atomic mass is 9.86. The number of hydrogen-bond donors (Lipinski definition) is 1. The molecule has 2 atom stereocenters. The lowest BCUT2D eigenvalue weighted by Gasteiger charge is -2.34. The van der Waals surface area contributed by atoms with Crippen molar-refractivity contribution in [3.63, 3.8) is 0 Å². The van der Waals surface area contributed by atoms with E-state index >= 15 is 0 Å². The Labute approximate surface area is 123 Å². The molecule has 1 aromatic rings. The smallest absolute Gasteiger partial charge is 0.125 e. The van der Waals surface area contributed by atoms with E-state index in [1.807, 2.05) is 6.20 Å². The van der Waals surface area contributed by atoms with Crippen LogP contribution in [0.15, 0.2) is 18.3 Å². The number of pyridine rings is 1. The number of rotatable bonds is 6. The Balaban J connectivity index is 1.85. The maximum atomic E-state index is 4.49. The number of nitrogens with one attached hydrogen (secondary N) is 1. The summed E-state index contributed by atoms with van der Waals surface area (Å²) in [6, 6.07) is 5.05. The predicted octanol–water partition coefficient (Wildman–Crippen LogP) is 3.91. The van der Waals surface area contributed by atoms with Crippen LogP contribution < -0.4 is 5.32 Å². The predicted molar refractivity (Wildman–Crippen MR) is 85.9 cm³/mol. The highest BCUT2D eigenvalue weighted by atomic mass is 15.1. The molecule has 0 aliphatic heterocycles. The van der Waals surface area contributed by atoms with Gasteiger partial charge in [-0.15, -0.1) is 0 Å². The number of anilines is 1. The molecule has 112 valence electrons. The van der Waals surface area contributed by atoms with Gasteiger partial charge in [-0.1, -0.05) is 32.8 Å². The molecule has 0 amide bonds. The Hall–Kier alpha value is -1.09. The van der Waals surface area contributed by atoms with Gasteiger partial charge < -0.3 is 5.32 Å². The minimum Gasteiger partial charge on any atom is -0.370 e. The van der Waals surface area contributed by atoms with E-state index in [-0.39, 0.29) is 0 Å². The molecule has 3 nitrogen and oxygen atoms in total. The first-order chi connectivity index (χ1) is 9.69. The van der Waals surface area contributed by atoms with Gasteiger partial charge in [0.15, 0.2) is 0 Å². The zero-order valence-corrected chi connectivity index (χ0v) is 13.2. The molecule has 1 aliphatic rings. The second-order valence-corrected chi connectivity index (χ2v) is 6.32. The van der Waals surface area contributed by atoms with Gasteiger partial charge in [-0.2, -0.15) is 0 Å². The molecule has 2 unspecified atom stereocenters. The van der Waals surface area contributed by atoms with Gasteiger partial charge in [0, 0.05) is 25.3 Å². The van der Waals surface area contributed by atoms with E-state index in [0.717, 1.165) is 37.3 Å². The van der Waals surface area contributed by atoms with E-state index in [4.69, 9.17) is 0 Å². The summed E-state index contributed by atoms with van der Waals surface area (Å²) >= 11 is 0. The van der Waals surface area contributed by atoms with Gasteiger partial charge in [0.25, 0.3) is 0 Å². The van der Waals surface area contributed by atoms with Gasteiger partial charge in [-0.25, -0.2) is 4.98 Å². The number of aromatic nitrogens is 1. The van der Waals surface area contributed by atoms with Crippen molar-refractivity contribution in [1.29, 1.82) is 0 Å². The van der Waals surface area contributed by atoms with Crippen molar-refractivity contribution < 1.29 is 0 Å². The molecule has 1 saturated carbocycles. The zero-order chi connectivity index (χ0) is 14.4. The standard InChI is InChI=1S/C17H29N3/c1-4-10-18-17-9-8-15(12-19-17)13-20(3)16-7-5-6-14(2)11-16/h8-9,12,14,16H,4-7,10-11,13H2,1-3H3,(H,18,19). The van der Waals surface area contributed by atoms with Crippen LogP contribution in [0.25, 0.3) is 0 Å². The lowest BCUT2D eigenvalue weighted by molar-refractivity contribution is 0.157. The fourth-order valence-corrected chi connectivity index (χ4v) is 3.10. The molecule has 1 heterocycles. The monoisotopic (exact) mass is 275 g/mol. The molecule has 1 fully saturated rings. The maximum absolute atomic E-state index is 4.49. The van der Waals surface area contributed by atoms with Gasteiger partial charge in [0.2, 0.25) is 0 Å². The highest BCUT2D eigenvalue weighted by molar-refractivity contribution is 5.35.